The van der Waals surface area contributed by atoms with E-state index in [1.54, 1.807) is 7.11 Å². The minimum Gasteiger partial charge on any atom is -0.381 e. The third-order valence-electron chi connectivity index (χ3n) is 2.78. The molecule has 1 fully saturated rings. The summed E-state index contributed by atoms with van der Waals surface area (Å²) in [6, 6.07) is 1.31. The zero-order valence-electron chi connectivity index (χ0n) is 8.77. The minimum atomic E-state index is -0.913. The Kier molecular flexibility index (Phi) is 3.05. The summed E-state index contributed by atoms with van der Waals surface area (Å²) in [5.41, 5.74) is -0.263. The van der Waals surface area contributed by atoms with Gasteiger partial charge in [0.2, 0.25) is 0 Å². The van der Waals surface area contributed by atoms with Crippen molar-refractivity contribution in [1.29, 1.82) is 0 Å². The normalized spacial score (nSPS) is 24.0. The maximum atomic E-state index is 13.2. The summed E-state index contributed by atoms with van der Waals surface area (Å²) >= 11 is 0. The first kappa shape index (κ1) is 11.3. The van der Waals surface area contributed by atoms with Crippen LogP contribution in [0.15, 0.2) is 12.1 Å². The molecule has 0 saturated heterocycles. The average molecular weight is 231 g/mol. The molecule has 2 rings (SSSR count). The van der Waals surface area contributed by atoms with Gasteiger partial charge in [-0.1, -0.05) is 0 Å². The molecule has 0 atom stereocenters. The molecular formula is C11H12F3NO. The SMILES string of the molecule is COC1CC(Nc2c(F)cc(F)cc2F)C1. The molecule has 0 spiro atoms. The summed E-state index contributed by atoms with van der Waals surface area (Å²) in [7, 11) is 1.60. The molecule has 1 aromatic rings. The fraction of sp³-hybridized carbons (Fsp3) is 0.455. The second-order valence-electron chi connectivity index (χ2n) is 3.91. The Bertz CT molecular complexity index is 368. The topological polar surface area (TPSA) is 21.3 Å². The fourth-order valence-electron chi connectivity index (χ4n) is 1.76. The van der Waals surface area contributed by atoms with Crippen LogP contribution in [-0.2, 0) is 4.74 Å². The number of benzene rings is 1. The first-order chi connectivity index (χ1) is 7.60. The Morgan fingerprint density at radius 1 is 1.19 bits per heavy atom. The molecule has 88 valence electrons. The smallest absolute Gasteiger partial charge is 0.152 e. The molecule has 0 radical (unpaired) electrons. The second-order valence-corrected chi connectivity index (χ2v) is 3.91. The van der Waals surface area contributed by atoms with Gasteiger partial charge in [0, 0.05) is 25.3 Å². The van der Waals surface area contributed by atoms with Crippen LogP contribution in [0.25, 0.3) is 0 Å². The van der Waals surface area contributed by atoms with Crippen LogP contribution in [0.2, 0.25) is 0 Å². The summed E-state index contributed by atoms with van der Waals surface area (Å²) in [5.74, 6) is -2.72. The highest BCUT2D eigenvalue weighted by atomic mass is 19.1. The number of halogens is 3. The van der Waals surface area contributed by atoms with Crippen LogP contribution >= 0.6 is 0 Å². The minimum absolute atomic E-state index is 0.0144. The zero-order chi connectivity index (χ0) is 11.7. The van der Waals surface area contributed by atoms with Gasteiger partial charge in [0.15, 0.2) is 11.6 Å². The van der Waals surface area contributed by atoms with Crippen LogP contribution in [0, 0.1) is 17.5 Å². The lowest BCUT2D eigenvalue weighted by atomic mass is 9.89. The van der Waals surface area contributed by atoms with Gasteiger partial charge in [0.05, 0.1) is 6.10 Å². The van der Waals surface area contributed by atoms with Crippen LogP contribution in [-0.4, -0.2) is 19.3 Å². The third-order valence-corrected chi connectivity index (χ3v) is 2.78. The van der Waals surface area contributed by atoms with Crippen LogP contribution in [0.4, 0.5) is 18.9 Å². The van der Waals surface area contributed by atoms with E-state index in [1.165, 1.54) is 0 Å². The van der Waals surface area contributed by atoms with Crippen molar-refractivity contribution >= 4 is 5.69 Å². The lowest BCUT2D eigenvalue weighted by Crippen LogP contribution is -2.40. The first-order valence-electron chi connectivity index (χ1n) is 5.04. The number of nitrogens with one attached hydrogen (secondary N) is 1. The molecule has 1 aliphatic carbocycles. The van der Waals surface area contributed by atoms with Gasteiger partial charge in [-0.25, -0.2) is 13.2 Å². The van der Waals surface area contributed by atoms with Crippen molar-refractivity contribution in [3.63, 3.8) is 0 Å². The van der Waals surface area contributed by atoms with E-state index in [2.05, 4.69) is 5.32 Å². The largest absolute Gasteiger partial charge is 0.381 e. The van der Waals surface area contributed by atoms with Crippen molar-refractivity contribution in [2.24, 2.45) is 0 Å². The molecule has 1 N–H and O–H groups in total. The van der Waals surface area contributed by atoms with Gasteiger partial charge in [-0.3, -0.25) is 0 Å². The third kappa shape index (κ3) is 2.14. The summed E-state index contributed by atoms with van der Waals surface area (Å²) in [5, 5.41) is 2.71. The number of hydrogen-bond acceptors (Lipinski definition) is 2. The molecule has 1 aliphatic rings. The average Bonchev–Trinajstić information content (AvgIpc) is 2.13. The summed E-state index contributed by atoms with van der Waals surface area (Å²) in [4.78, 5) is 0. The lowest BCUT2D eigenvalue weighted by molar-refractivity contribution is 0.0327. The molecular weight excluding hydrogens is 219 g/mol. The number of methoxy groups -OCH3 is 1. The van der Waals surface area contributed by atoms with Crippen molar-refractivity contribution in [1.82, 2.24) is 0 Å². The van der Waals surface area contributed by atoms with Crippen LogP contribution < -0.4 is 5.32 Å². The zero-order valence-corrected chi connectivity index (χ0v) is 8.77. The van der Waals surface area contributed by atoms with Crippen molar-refractivity contribution in [3.05, 3.63) is 29.6 Å². The van der Waals surface area contributed by atoms with Gasteiger partial charge in [-0.15, -0.1) is 0 Å². The Morgan fingerprint density at radius 3 is 2.25 bits per heavy atom. The molecule has 0 heterocycles. The summed E-state index contributed by atoms with van der Waals surface area (Å²) in [6.45, 7) is 0. The van der Waals surface area contributed by atoms with Crippen molar-refractivity contribution < 1.29 is 17.9 Å². The first-order valence-corrected chi connectivity index (χ1v) is 5.04. The standard InChI is InChI=1S/C11H12F3NO/c1-16-8-4-7(5-8)15-11-9(13)2-6(12)3-10(11)14/h2-3,7-8,15H,4-5H2,1H3. The highest BCUT2D eigenvalue weighted by Crippen LogP contribution is 2.29. The van der Waals surface area contributed by atoms with Crippen molar-refractivity contribution in [2.75, 3.05) is 12.4 Å². The maximum absolute atomic E-state index is 13.2. The van der Waals surface area contributed by atoms with E-state index in [0.29, 0.717) is 25.0 Å². The number of rotatable bonds is 3. The fourth-order valence-corrected chi connectivity index (χ4v) is 1.76. The van der Waals surface area contributed by atoms with E-state index >= 15 is 0 Å². The molecule has 0 amide bonds. The monoisotopic (exact) mass is 231 g/mol. The quantitative estimate of drug-likeness (QED) is 0.863. The Hall–Kier alpha value is -1.23. The van der Waals surface area contributed by atoms with E-state index in [-0.39, 0.29) is 17.8 Å². The van der Waals surface area contributed by atoms with Gasteiger partial charge < -0.3 is 10.1 Å². The second kappa shape index (κ2) is 4.33. The van der Waals surface area contributed by atoms with Gasteiger partial charge in [0.25, 0.3) is 0 Å². The van der Waals surface area contributed by atoms with E-state index < -0.39 is 17.5 Å². The molecule has 1 aromatic carbocycles. The maximum Gasteiger partial charge on any atom is 0.152 e. The Morgan fingerprint density at radius 2 is 1.75 bits per heavy atom. The Labute approximate surface area is 91.4 Å². The molecule has 2 nitrogen and oxygen atoms in total. The number of anilines is 1. The highest BCUT2D eigenvalue weighted by molar-refractivity contribution is 5.47. The molecule has 16 heavy (non-hydrogen) atoms. The van der Waals surface area contributed by atoms with Gasteiger partial charge in [-0.05, 0) is 12.8 Å². The lowest BCUT2D eigenvalue weighted by Gasteiger charge is -2.35. The van der Waals surface area contributed by atoms with E-state index in [1.807, 2.05) is 0 Å². The van der Waals surface area contributed by atoms with E-state index in [4.69, 9.17) is 4.74 Å². The highest BCUT2D eigenvalue weighted by Gasteiger charge is 2.30. The molecule has 1 saturated carbocycles. The van der Waals surface area contributed by atoms with E-state index in [0.717, 1.165) is 0 Å². The molecule has 0 aliphatic heterocycles. The molecule has 0 aromatic heterocycles. The van der Waals surface area contributed by atoms with Crippen LogP contribution in [0.1, 0.15) is 12.8 Å². The van der Waals surface area contributed by atoms with Crippen LogP contribution in [0.3, 0.4) is 0 Å². The van der Waals surface area contributed by atoms with E-state index in [9.17, 15) is 13.2 Å². The molecule has 0 unspecified atom stereocenters. The van der Waals surface area contributed by atoms with Gasteiger partial charge in [0.1, 0.15) is 11.5 Å². The number of ether oxygens (including phenoxy) is 1. The van der Waals surface area contributed by atoms with Crippen molar-refractivity contribution in [2.45, 2.75) is 25.0 Å². The number of hydrogen-bond donors (Lipinski definition) is 1. The molecule has 5 heteroatoms. The van der Waals surface area contributed by atoms with Gasteiger partial charge in [-0.2, -0.15) is 0 Å². The predicted molar refractivity (Wildman–Crippen MR) is 53.8 cm³/mol. The van der Waals surface area contributed by atoms with Crippen molar-refractivity contribution in [3.8, 4) is 0 Å². The van der Waals surface area contributed by atoms with Gasteiger partial charge >= 0.3 is 0 Å². The summed E-state index contributed by atoms with van der Waals surface area (Å²) in [6.07, 6.45) is 1.54. The predicted octanol–water partition coefficient (Wildman–Crippen LogP) is 2.69. The Balaban J connectivity index is 2.05. The molecule has 0 bridgehead atoms. The van der Waals surface area contributed by atoms with Crippen LogP contribution in [0.5, 0.6) is 0 Å². The summed E-state index contributed by atoms with van der Waals surface area (Å²) < 4.78 is 44.2.